The number of methoxy groups -OCH3 is 1. The van der Waals surface area contributed by atoms with Crippen LogP contribution in [0.25, 0.3) is 11.4 Å². The highest BCUT2D eigenvalue weighted by Gasteiger charge is 2.13. The first-order valence-electron chi connectivity index (χ1n) is 7.52. The predicted molar refractivity (Wildman–Crippen MR) is 96.5 cm³/mol. The van der Waals surface area contributed by atoms with Crippen LogP contribution in [0.4, 0.5) is 0 Å². The number of benzene rings is 1. The molecule has 0 fully saturated rings. The zero-order chi connectivity index (χ0) is 16.9. The highest BCUT2D eigenvalue weighted by Crippen LogP contribution is 2.27. The molecule has 24 heavy (non-hydrogen) atoms. The fourth-order valence-electron chi connectivity index (χ4n) is 2.27. The molecule has 0 atom stereocenters. The van der Waals surface area contributed by atoms with Gasteiger partial charge in [-0.25, -0.2) is 4.98 Å². The Labute approximate surface area is 150 Å². The smallest absolute Gasteiger partial charge is 0.191 e. The summed E-state index contributed by atoms with van der Waals surface area (Å²) < 4.78 is 7.31. The number of ether oxygens (including phenoxy) is 1. The molecule has 3 aromatic rings. The van der Waals surface area contributed by atoms with E-state index >= 15 is 0 Å². The topological polar surface area (TPSA) is 52.8 Å². The first-order valence-corrected chi connectivity index (χ1v) is 8.88. The molecule has 0 amide bonds. The second-order valence-electron chi connectivity index (χ2n) is 5.06. The fraction of sp³-hybridized carbons (Fsp3) is 0.235. The van der Waals surface area contributed by atoms with Gasteiger partial charge in [-0.2, -0.15) is 0 Å². The molecule has 0 N–H and O–H groups in total. The minimum atomic E-state index is 0.502. The Balaban J connectivity index is 1.79. The molecule has 0 radical (unpaired) electrons. The first-order chi connectivity index (χ1) is 11.7. The van der Waals surface area contributed by atoms with Crippen LogP contribution < -0.4 is 4.74 Å². The van der Waals surface area contributed by atoms with Crippen molar-refractivity contribution in [3.05, 3.63) is 53.3 Å². The number of hydrogen-bond donors (Lipinski definition) is 0. The van der Waals surface area contributed by atoms with Gasteiger partial charge in [0.1, 0.15) is 10.9 Å². The van der Waals surface area contributed by atoms with Gasteiger partial charge in [0.05, 0.1) is 7.11 Å². The molecule has 7 heteroatoms. The molecular formula is C17H17ClN4OS. The van der Waals surface area contributed by atoms with Gasteiger partial charge < -0.3 is 9.30 Å². The van der Waals surface area contributed by atoms with Gasteiger partial charge in [-0.1, -0.05) is 29.4 Å². The molecule has 124 valence electrons. The Morgan fingerprint density at radius 1 is 1.12 bits per heavy atom. The van der Waals surface area contributed by atoms with Gasteiger partial charge >= 0.3 is 0 Å². The highest BCUT2D eigenvalue weighted by molar-refractivity contribution is 7.98. The van der Waals surface area contributed by atoms with Crippen molar-refractivity contribution in [1.82, 2.24) is 19.7 Å². The van der Waals surface area contributed by atoms with Crippen LogP contribution in [0.3, 0.4) is 0 Å². The number of hydrogen-bond acceptors (Lipinski definition) is 5. The molecule has 1 aromatic carbocycles. The molecule has 0 unspecified atom stereocenters. The Kier molecular flexibility index (Phi) is 5.37. The minimum absolute atomic E-state index is 0.502. The third kappa shape index (κ3) is 3.71. The summed E-state index contributed by atoms with van der Waals surface area (Å²) in [5.74, 6) is 2.45. The van der Waals surface area contributed by atoms with Crippen LogP contribution in [-0.4, -0.2) is 26.9 Å². The second kappa shape index (κ2) is 7.68. The van der Waals surface area contributed by atoms with Crippen LogP contribution in [0.1, 0.15) is 12.5 Å². The Morgan fingerprint density at radius 3 is 2.54 bits per heavy atom. The molecule has 0 aliphatic carbocycles. The van der Waals surface area contributed by atoms with Gasteiger partial charge in [0.15, 0.2) is 11.0 Å². The molecule has 5 nitrogen and oxygen atoms in total. The van der Waals surface area contributed by atoms with Crippen LogP contribution in [-0.2, 0) is 12.3 Å². The Bertz CT molecular complexity index is 802. The van der Waals surface area contributed by atoms with Gasteiger partial charge in [0.2, 0.25) is 0 Å². The van der Waals surface area contributed by atoms with Crippen molar-refractivity contribution < 1.29 is 4.74 Å². The average molecular weight is 361 g/mol. The number of rotatable bonds is 6. The average Bonchev–Trinajstić information content (AvgIpc) is 3.04. The van der Waals surface area contributed by atoms with E-state index in [2.05, 4.69) is 26.7 Å². The van der Waals surface area contributed by atoms with Gasteiger partial charge in [-0.3, -0.25) is 0 Å². The van der Waals surface area contributed by atoms with Crippen LogP contribution >= 0.6 is 23.4 Å². The molecule has 2 aromatic heterocycles. The van der Waals surface area contributed by atoms with E-state index in [0.29, 0.717) is 5.15 Å². The summed E-state index contributed by atoms with van der Waals surface area (Å²) in [6.45, 7) is 2.89. The first kappa shape index (κ1) is 16.8. The van der Waals surface area contributed by atoms with Crippen LogP contribution in [0.2, 0.25) is 5.15 Å². The lowest BCUT2D eigenvalue weighted by Crippen LogP contribution is -2.00. The summed E-state index contributed by atoms with van der Waals surface area (Å²) in [6, 6.07) is 11.6. The van der Waals surface area contributed by atoms with Crippen molar-refractivity contribution in [3.63, 3.8) is 0 Å². The SMILES string of the molecule is CCn1c(SCc2ccc(Cl)nc2)nnc1-c1ccc(OC)cc1. The Morgan fingerprint density at radius 2 is 1.92 bits per heavy atom. The van der Waals surface area contributed by atoms with Crippen molar-refractivity contribution in [2.24, 2.45) is 0 Å². The maximum Gasteiger partial charge on any atom is 0.191 e. The normalized spacial score (nSPS) is 10.8. The summed E-state index contributed by atoms with van der Waals surface area (Å²) >= 11 is 7.45. The summed E-state index contributed by atoms with van der Waals surface area (Å²) in [4.78, 5) is 4.10. The molecule has 3 rings (SSSR count). The van der Waals surface area contributed by atoms with Crippen molar-refractivity contribution in [3.8, 4) is 17.1 Å². The van der Waals surface area contributed by atoms with Gasteiger partial charge in [0, 0.05) is 24.1 Å². The minimum Gasteiger partial charge on any atom is -0.497 e. The van der Waals surface area contributed by atoms with E-state index in [1.165, 1.54) is 0 Å². The van der Waals surface area contributed by atoms with Gasteiger partial charge in [0.25, 0.3) is 0 Å². The zero-order valence-corrected chi connectivity index (χ0v) is 15.0. The molecular weight excluding hydrogens is 344 g/mol. The lowest BCUT2D eigenvalue weighted by molar-refractivity contribution is 0.415. The summed E-state index contributed by atoms with van der Waals surface area (Å²) in [6.07, 6.45) is 1.78. The van der Waals surface area contributed by atoms with E-state index < -0.39 is 0 Å². The van der Waals surface area contributed by atoms with E-state index in [4.69, 9.17) is 16.3 Å². The number of aromatic nitrogens is 4. The molecule has 0 saturated heterocycles. The number of halogens is 1. The number of thioether (sulfide) groups is 1. The number of nitrogens with zero attached hydrogens (tertiary/aromatic N) is 4. The van der Waals surface area contributed by atoms with Crippen molar-refractivity contribution in [2.75, 3.05) is 7.11 Å². The molecule has 0 spiro atoms. The lowest BCUT2D eigenvalue weighted by Gasteiger charge is -2.08. The quantitative estimate of drug-likeness (QED) is 0.484. The summed E-state index contributed by atoms with van der Waals surface area (Å²) in [5, 5.41) is 10.1. The largest absolute Gasteiger partial charge is 0.497 e. The Hall–Kier alpha value is -2.05. The van der Waals surface area contributed by atoms with Crippen molar-refractivity contribution >= 4 is 23.4 Å². The molecule has 2 heterocycles. The van der Waals surface area contributed by atoms with Gasteiger partial charge in [-0.15, -0.1) is 10.2 Å². The third-order valence-electron chi connectivity index (χ3n) is 3.54. The van der Waals surface area contributed by atoms with Crippen molar-refractivity contribution in [1.29, 1.82) is 0 Å². The van der Waals surface area contributed by atoms with E-state index in [-0.39, 0.29) is 0 Å². The molecule has 0 aliphatic heterocycles. The van der Waals surface area contributed by atoms with E-state index in [1.54, 1.807) is 31.1 Å². The molecule has 0 aliphatic rings. The fourth-order valence-corrected chi connectivity index (χ4v) is 3.32. The standard InChI is InChI=1S/C17H17ClN4OS/c1-3-22-16(13-5-7-14(23-2)8-6-13)20-21-17(22)24-11-12-4-9-15(18)19-10-12/h4-10H,3,11H2,1-2H3. The molecule has 0 saturated carbocycles. The van der Waals surface area contributed by atoms with Crippen LogP contribution in [0, 0.1) is 0 Å². The molecule has 0 bridgehead atoms. The lowest BCUT2D eigenvalue weighted by atomic mass is 10.2. The monoisotopic (exact) mass is 360 g/mol. The maximum atomic E-state index is 5.82. The maximum absolute atomic E-state index is 5.82. The summed E-state index contributed by atoms with van der Waals surface area (Å²) in [7, 11) is 1.66. The predicted octanol–water partition coefficient (Wildman–Crippen LogP) is 4.31. The van der Waals surface area contributed by atoms with Crippen LogP contribution in [0.5, 0.6) is 5.75 Å². The van der Waals surface area contributed by atoms with E-state index in [0.717, 1.165) is 40.2 Å². The second-order valence-corrected chi connectivity index (χ2v) is 6.39. The third-order valence-corrected chi connectivity index (χ3v) is 4.80. The van der Waals surface area contributed by atoms with Gasteiger partial charge in [-0.05, 0) is 42.8 Å². The van der Waals surface area contributed by atoms with Crippen LogP contribution in [0.15, 0.2) is 47.8 Å². The van der Waals surface area contributed by atoms with Crippen molar-refractivity contribution in [2.45, 2.75) is 24.4 Å². The van der Waals surface area contributed by atoms with E-state index in [1.807, 2.05) is 30.3 Å². The number of pyridine rings is 1. The zero-order valence-electron chi connectivity index (χ0n) is 13.4. The summed E-state index contributed by atoms with van der Waals surface area (Å²) in [5.41, 5.74) is 2.12. The van der Waals surface area contributed by atoms with E-state index in [9.17, 15) is 0 Å². The highest BCUT2D eigenvalue weighted by atomic mass is 35.5.